The number of carbonyl (C=O) groups excluding carboxylic acids is 1. The normalized spacial score (nSPS) is 15.1. The van der Waals surface area contributed by atoms with Crippen molar-refractivity contribution in [1.29, 1.82) is 0 Å². The number of anilines is 1. The molecule has 200 valence electrons. The molecule has 11 heteroatoms. The number of amides is 2. The van der Waals surface area contributed by atoms with Gasteiger partial charge in [0, 0.05) is 25.1 Å². The summed E-state index contributed by atoms with van der Waals surface area (Å²) in [6, 6.07) is 10.5. The zero-order chi connectivity index (χ0) is 27.6. The molecule has 2 N–H and O–H groups in total. The zero-order valence-electron chi connectivity index (χ0n) is 20.5. The Morgan fingerprint density at radius 1 is 1.08 bits per heavy atom. The quantitative estimate of drug-likeness (QED) is 0.253. The molecule has 4 aromatic rings. The van der Waals surface area contributed by atoms with Crippen molar-refractivity contribution in [3.8, 4) is 17.2 Å². The molecule has 5 rings (SSSR count). The van der Waals surface area contributed by atoms with Gasteiger partial charge in [-0.15, -0.1) is 0 Å². The van der Waals surface area contributed by atoms with E-state index >= 15 is 0 Å². The Kier molecular flexibility index (Phi) is 6.97. The number of carbonyl (C=O) groups is 1. The number of hydrogen-bond donors (Lipinski definition) is 2. The van der Waals surface area contributed by atoms with Crippen molar-refractivity contribution in [3.05, 3.63) is 102 Å². The first-order chi connectivity index (χ1) is 18.7. The lowest BCUT2D eigenvalue weighted by molar-refractivity contribution is -0.138. The lowest BCUT2D eigenvalue weighted by atomic mass is 10.1. The summed E-state index contributed by atoms with van der Waals surface area (Å²) in [5.74, 6) is 0.258. The topological polar surface area (TPSA) is 79.5 Å². The summed E-state index contributed by atoms with van der Waals surface area (Å²) >= 11 is 0. The number of nitrogens with one attached hydrogen (secondary N) is 2. The number of halogens is 4. The molecule has 0 aliphatic heterocycles. The van der Waals surface area contributed by atoms with Gasteiger partial charge in [0.2, 0.25) is 0 Å². The van der Waals surface area contributed by atoms with Crippen LogP contribution in [0.1, 0.15) is 12.0 Å². The van der Waals surface area contributed by atoms with E-state index in [1.807, 2.05) is 12.1 Å². The Balaban J connectivity index is 1.24. The van der Waals surface area contributed by atoms with Crippen molar-refractivity contribution in [2.75, 3.05) is 12.4 Å². The fraction of sp³-hybridized carbons (Fsp3) is 0.143. The second-order valence-electron chi connectivity index (χ2n) is 8.73. The van der Waals surface area contributed by atoms with Gasteiger partial charge in [0.15, 0.2) is 0 Å². The lowest BCUT2D eigenvalue weighted by Gasteiger charge is -2.27. The standard InChI is InChI=1S/C28H22F4N4O3/c1-36(19-5-9-21(10-6-19)38-24-13-15-34-26-22(24)12-14-33-26)27(37)35-18-4-11-25(23(16-18)28(30,31)32)39-20-7-2-17(29)3-8-20/h2-5,7-16,19H,6H2,1H3,(H,33,34)(H,35,37). The molecular formula is C28H22F4N4O3. The fourth-order valence-electron chi connectivity index (χ4n) is 4.01. The number of urea groups is 1. The highest BCUT2D eigenvalue weighted by Gasteiger charge is 2.35. The molecule has 2 heterocycles. The summed E-state index contributed by atoms with van der Waals surface area (Å²) in [5, 5.41) is 3.34. The predicted molar refractivity (Wildman–Crippen MR) is 137 cm³/mol. The first kappa shape index (κ1) is 25.8. The zero-order valence-corrected chi connectivity index (χ0v) is 20.5. The molecule has 2 aromatic carbocycles. The molecule has 0 bridgehead atoms. The van der Waals surface area contributed by atoms with Gasteiger partial charge in [-0.25, -0.2) is 14.2 Å². The molecule has 0 saturated carbocycles. The maximum absolute atomic E-state index is 13.7. The molecule has 39 heavy (non-hydrogen) atoms. The van der Waals surface area contributed by atoms with Gasteiger partial charge in [0.1, 0.15) is 40.0 Å². The van der Waals surface area contributed by atoms with Gasteiger partial charge in [-0.3, -0.25) is 0 Å². The molecule has 7 nitrogen and oxygen atoms in total. The third kappa shape index (κ3) is 5.87. The van der Waals surface area contributed by atoms with Crippen LogP contribution in [0.25, 0.3) is 11.0 Å². The van der Waals surface area contributed by atoms with Gasteiger partial charge in [-0.05, 0) is 73.2 Å². The van der Waals surface area contributed by atoms with Crippen molar-refractivity contribution in [2.24, 2.45) is 0 Å². The number of H-pyrrole nitrogens is 1. The van der Waals surface area contributed by atoms with Crippen LogP contribution in [0.2, 0.25) is 0 Å². The number of alkyl halides is 3. The first-order valence-electron chi connectivity index (χ1n) is 11.8. The van der Waals surface area contributed by atoms with Gasteiger partial charge < -0.3 is 24.7 Å². The number of nitrogens with zero attached hydrogens (tertiary/aromatic N) is 2. The number of allylic oxidation sites excluding steroid dienone is 1. The number of aromatic amines is 1. The predicted octanol–water partition coefficient (Wildman–Crippen LogP) is 7.27. The summed E-state index contributed by atoms with van der Waals surface area (Å²) in [5.41, 5.74) is -0.439. The number of hydrogen-bond acceptors (Lipinski definition) is 4. The van der Waals surface area contributed by atoms with Gasteiger partial charge in [0.05, 0.1) is 11.4 Å². The summed E-state index contributed by atoms with van der Waals surface area (Å²) in [7, 11) is 1.55. The van der Waals surface area contributed by atoms with Gasteiger partial charge in [-0.1, -0.05) is 6.08 Å². The molecule has 1 unspecified atom stereocenters. The van der Waals surface area contributed by atoms with E-state index in [1.54, 1.807) is 37.7 Å². The number of ether oxygens (including phenoxy) is 2. The van der Waals surface area contributed by atoms with Crippen molar-refractivity contribution in [1.82, 2.24) is 14.9 Å². The van der Waals surface area contributed by atoms with Crippen molar-refractivity contribution in [3.63, 3.8) is 0 Å². The van der Waals surface area contributed by atoms with Crippen molar-refractivity contribution >= 4 is 22.8 Å². The third-order valence-corrected chi connectivity index (χ3v) is 6.09. The number of rotatable bonds is 6. The molecule has 0 fully saturated rings. The van der Waals surface area contributed by atoms with E-state index < -0.39 is 29.3 Å². The van der Waals surface area contributed by atoms with Crippen LogP contribution in [-0.4, -0.2) is 34.0 Å². The van der Waals surface area contributed by atoms with E-state index in [4.69, 9.17) is 9.47 Å². The molecular weight excluding hydrogens is 516 g/mol. The van der Waals surface area contributed by atoms with E-state index in [0.29, 0.717) is 23.6 Å². The molecule has 2 amide bonds. The first-order valence-corrected chi connectivity index (χ1v) is 11.8. The Morgan fingerprint density at radius 3 is 2.59 bits per heavy atom. The Hall–Kier alpha value is -4.80. The fourth-order valence-corrected chi connectivity index (χ4v) is 4.01. The van der Waals surface area contributed by atoms with Gasteiger partial charge >= 0.3 is 12.2 Å². The largest absolute Gasteiger partial charge is 0.457 e. The average molecular weight is 539 g/mol. The van der Waals surface area contributed by atoms with E-state index in [0.717, 1.165) is 29.7 Å². The monoisotopic (exact) mass is 538 g/mol. The van der Waals surface area contributed by atoms with E-state index in [-0.39, 0.29) is 17.5 Å². The summed E-state index contributed by atoms with van der Waals surface area (Å²) in [4.78, 5) is 21.5. The molecule has 2 aromatic heterocycles. The van der Waals surface area contributed by atoms with Crippen LogP contribution >= 0.6 is 0 Å². The van der Waals surface area contributed by atoms with Crippen LogP contribution in [0.3, 0.4) is 0 Å². The maximum atomic E-state index is 13.7. The van der Waals surface area contributed by atoms with E-state index in [9.17, 15) is 22.4 Å². The number of likely N-dealkylation sites (N-methyl/N-ethyl adjacent to an activating group) is 1. The SMILES string of the molecule is CN(C(=O)Nc1ccc(Oc2ccc(F)cc2)c(C(F)(F)F)c1)C1C=CC(Oc2ccnc3[nH]ccc23)=CC1. The Labute approximate surface area is 220 Å². The van der Waals surface area contributed by atoms with E-state index in [1.165, 1.54) is 23.1 Å². The number of fused-ring (bicyclic) bond motifs is 1. The average Bonchev–Trinajstić information content (AvgIpc) is 3.40. The molecule has 1 atom stereocenters. The molecule has 1 aliphatic rings. The second-order valence-corrected chi connectivity index (χ2v) is 8.73. The minimum absolute atomic E-state index is 0.0420. The molecule has 0 saturated heterocycles. The highest BCUT2D eigenvalue weighted by molar-refractivity contribution is 5.90. The smallest absolute Gasteiger partial charge is 0.420 e. The van der Waals surface area contributed by atoms with E-state index in [2.05, 4.69) is 15.3 Å². The summed E-state index contributed by atoms with van der Waals surface area (Å²) < 4.78 is 65.7. The third-order valence-electron chi connectivity index (χ3n) is 6.09. The summed E-state index contributed by atoms with van der Waals surface area (Å²) in [6.45, 7) is 0. The van der Waals surface area contributed by atoms with Crippen LogP contribution in [0.4, 0.5) is 28.0 Å². The van der Waals surface area contributed by atoms with Crippen LogP contribution in [0, 0.1) is 5.82 Å². The molecule has 0 spiro atoms. The Bertz CT molecular complexity index is 1560. The van der Waals surface area contributed by atoms with Crippen LogP contribution < -0.4 is 14.8 Å². The van der Waals surface area contributed by atoms with Crippen LogP contribution in [-0.2, 0) is 6.18 Å². The minimum atomic E-state index is -4.75. The van der Waals surface area contributed by atoms with Gasteiger partial charge in [-0.2, -0.15) is 13.2 Å². The Morgan fingerprint density at radius 2 is 1.87 bits per heavy atom. The van der Waals surface area contributed by atoms with Crippen LogP contribution in [0.5, 0.6) is 17.2 Å². The van der Waals surface area contributed by atoms with Crippen LogP contribution in [0.15, 0.2) is 91.0 Å². The molecule has 1 aliphatic carbocycles. The number of aromatic nitrogens is 2. The number of benzene rings is 2. The van der Waals surface area contributed by atoms with Gasteiger partial charge in [0.25, 0.3) is 0 Å². The van der Waals surface area contributed by atoms with Crippen molar-refractivity contribution in [2.45, 2.75) is 18.6 Å². The molecule has 0 radical (unpaired) electrons. The highest BCUT2D eigenvalue weighted by Crippen LogP contribution is 2.40. The maximum Gasteiger partial charge on any atom is 0.420 e. The second kappa shape index (κ2) is 10.5. The minimum Gasteiger partial charge on any atom is -0.457 e. The van der Waals surface area contributed by atoms with Crippen molar-refractivity contribution < 1.29 is 31.8 Å². The summed E-state index contributed by atoms with van der Waals surface area (Å²) in [6.07, 6.45) is 4.43. The highest BCUT2D eigenvalue weighted by atomic mass is 19.4. The number of pyridine rings is 1. The lowest BCUT2D eigenvalue weighted by Crippen LogP contribution is -2.39.